The maximum Gasteiger partial charge on any atom is 0.238 e. The number of hydrogen-bond acceptors (Lipinski definition) is 5. The van der Waals surface area contributed by atoms with Crippen LogP contribution in [-0.2, 0) is 4.79 Å². The molecule has 0 aliphatic carbocycles. The van der Waals surface area contributed by atoms with Gasteiger partial charge in [0.05, 0.1) is 19.3 Å². The average Bonchev–Trinajstić information content (AvgIpc) is 2.65. The molecule has 1 heterocycles. The molecule has 0 radical (unpaired) electrons. The fourth-order valence-electron chi connectivity index (χ4n) is 3.39. The molecule has 2 atom stereocenters. The number of hydrogen-bond donors (Lipinski definition) is 2. The maximum absolute atomic E-state index is 13.4. The van der Waals surface area contributed by atoms with Crippen molar-refractivity contribution >= 4 is 11.6 Å². The third-order valence-corrected chi connectivity index (χ3v) is 5.12. The molecule has 2 aromatic rings. The quantitative estimate of drug-likeness (QED) is 0.777. The van der Waals surface area contributed by atoms with Gasteiger partial charge in [0.15, 0.2) is 0 Å². The molecular formula is C22H27FN2O4. The van der Waals surface area contributed by atoms with Crippen molar-refractivity contribution in [3.05, 3.63) is 53.8 Å². The second-order valence-electron chi connectivity index (χ2n) is 7.66. The van der Waals surface area contributed by atoms with Crippen LogP contribution >= 0.6 is 0 Å². The number of amides is 1. The van der Waals surface area contributed by atoms with Crippen LogP contribution in [0, 0.1) is 12.7 Å². The van der Waals surface area contributed by atoms with E-state index in [0.29, 0.717) is 36.7 Å². The molecule has 1 aliphatic heterocycles. The number of nitrogens with one attached hydrogen (secondary N) is 1. The van der Waals surface area contributed by atoms with Crippen LogP contribution in [0.2, 0.25) is 0 Å². The molecule has 2 aromatic carbocycles. The van der Waals surface area contributed by atoms with Gasteiger partial charge < -0.3 is 19.9 Å². The number of anilines is 1. The predicted octanol–water partition coefficient (Wildman–Crippen LogP) is 2.99. The van der Waals surface area contributed by atoms with Crippen LogP contribution in [0.15, 0.2) is 42.5 Å². The Kier molecular flexibility index (Phi) is 6.39. The lowest BCUT2D eigenvalue weighted by Crippen LogP contribution is -2.57. The van der Waals surface area contributed by atoms with Gasteiger partial charge in [0.1, 0.15) is 29.0 Å². The van der Waals surface area contributed by atoms with E-state index in [-0.39, 0.29) is 12.5 Å². The molecule has 0 saturated carbocycles. The summed E-state index contributed by atoms with van der Waals surface area (Å²) in [5.74, 6) is 0.366. The highest BCUT2D eigenvalue weighted by atomic mass is 19.1. The van der Waals surface area contributed by atoms with E-state index in [1.165, 1.54) is 12.1 Å². The predicted molar refractivity (Wildman–Crippen MR) is 109 cm³/mol. The Labute approximate surface area is 170 Å². The zero-order chi connectivity index (χ0) is 21.0. The monoisotopic (exact) mass is 402 g/mol. The molecule has 7 heteroatoms. The Morgan fingerprint density at radius 3 is 2.86 bits per heavy atom. The summed E-state index contributed by atoms with van der Waals surface area (Å²) in [6.45, 7) is 4.69. The fourth-order valence-corrected chi connectivity index (χ4v) is 3.39. The first-order valence-corrected chi connectivity index (χ1v) is 9.58. The van der Waals surface area contributed by atoms with Crippen molar-refractivity contribution in [2.24, 2.45) is 0 Å². The van der Waals surface area contributed by atoms with Crippen LogP contribution in [-0.4, -0.2) is 54.4 Å². The zero-order valence-electron chi connectivity index (χ0n) is 16.9. The molecule has 0 aromatic heterocycles. The Morgan fingerprint density at radius 2 is 2.14 bits per heavy atom. The highest BCUT2D eigenvalue weighted by Gasteiger charge is 2.39. The largest absolute Gasteiger partial charge is 0.495 e. The number of rotatable bonds is 6. The number of benzene rings is 2. The van der Waals surface area contributed by atoms with Crippen molar-refractivity contribution in [2.45, 2.75) is 32.0 Å². The molecule has 1 amide bonds. The summed E-state index contributed by atoms with van der Waals surface area (Å²) >= 11 is 0. The van der Waals surface area contributed by atoms with Gasteiger partial charge in [-0.15, -0.1) is 0 Å². The average molecular weight is 402 g/mol. The van der Waals surface area contributed by atoms with Crippen molar-refractivity contribution in [3.8, 4) is 11.5 Å². The van der Waals surface area contributed by atoms with E-state index >= 15 is 0 Å². The van der Waals surface area contributed by atoms with Gasteiger partial charge in [-0.25, -0.2) is 4.39 Å². The molecule has 3 rings (SSSR count). The molecule has 1 fully saturated rings. The Morgan fingerprint density at radius 1 is 1.34 bits per heavy atom. The fraction of sp³-hybridized carbons (Fsp3) is 0.409. The first-order valence-electron chi connectivity index (χ1n) is 9.58. The van der Waals surface area contributed by atoms with Crippen LogP contribution in [0.3, 0.4) is 0 Å². The Bertz CT molecular complexity index is 872. The van der Waals surface area contributed by atoms with Gasteiger partial charge in [0, 0.05) is 19.2 Å². The first-order chi connectivity index (χ1) is 13.8. The number of nitrogens with zero attached hydrogens (tertiary/aromatic N) is 1. The highest BCUT2D eigenvalue weighted by Crippen LogP contribution is 2.28. The molecular weight excluding hydrogens is 375 g/mol. The van der Waals surface area contributed by atoms with Crippen molar-refractivity contribution in [1.29, 1.82) is 0 Å². The van der Waals surface area contributed by atoms with E-state index in [2.05, 4.69) is 5.32 Å². The summed E-state index contributed by atoms with van der Waals surface area (Å²) in [6.07, 6.45) is -0.145. The molecule has 0 unspecified atom stereocenters. The second-order valence-corrected chi connectivity index (χ2v) is 7.66. The summed E-state index contributed by atoms with van der Waals surface area (Å²) in [6, 6.07) is 11.4. The number of methoxy groups -OCH3 is 1. The third-order valence-electron chi connectivity index (χ3n) is 5.12. The lowest BCUT2D eigenvalue weighted by Gasteiger charge is -2.42. The summed E-state index contributed by atoms with van der Waals surface area (Å²) in [7, 11) is 1.56. The lowest BCUT2D eigenvalue weighted by atomic mass is 9.90. The molecule has 0 spiro atoms. The van der Waals surface area contributed by atoms with Crippen molar-refractivity contribution < 1.29 is 23.8 Å². The van der Waals surface area contributed by atoms with E-state index in [1.807, 2.05) is 30.0 Å². The van der Waals surface area contributed by atoms with E-state index < -0.39 is 17.5 Å². The first kappa shape index (κ1) is 21.1. The van der Waals surface area contributed by atoms with Crippen LogP contribution in [0.25, 0.3) is 0 Å². The van der Waals surface area contributed by atoms with E-state index in [9.17, 15) is 14.3 Å². The summed E-state index contributed by atoms with van der Waals surface area (Å²) in [5.41, 5.74) is 0.562. The normalized spacial score (nSPS) is 22.2. The minimum Gasteiger partial charge on any atom is -0.495 e. The summed E-state index contributed by atoms with van der Waals surface area (Å²) in [5, 5.41) is 13.6. The topological polar surface area (TPSA) is 71.0 Å². The Balaban J connectivity index is 1.64. The molecule has 2 N–H and O–H groups in total. The molecule has 6 nitrogen and oxygen atoms in total. The van der Waals surface area contributed by atoms with Gasteiger partial charge in [-0.2, -0.15) is 0 Å². The number of likely N-dealkylation sites (tertiary alicyclic amines) is 1. The minimum atomic E-state index is -1.07. The zero-order valence-corrected chi connectivity index (χ0v) is 16.9. The summed E-state index contributed by atoms with van der Waals surface area (Å²) in [4.78, 5) is 14.5. The smallest absolute Gasteiger partial charge is 0.238 e. The number of piperidine rings is 1. The number of ether oxygens (including phenoxy) is 2. The van der Waals surface area contributed by atoms with Crippen molar-refractivity contribution in [1.82, 2.24) is 4.90 Å². The number of carbonyl (C=O) groups excluding carboxylic acids is 1. The second kappa shape index (κ2) is 8.80. The van der Waals surface area contributed by atoms with Crippen molar-refractivity contribution in [2.75, 3.05) is 32.1 Å². The number of halogens is 1. The molecule has 1 aliphatic rings. The number of aliphatic hydroxyl groups is 1. The third kappa shape index (κ3) is 5.46. The van der Waals surface area contributed by atoms with Crippen LogP contribution in [0.5, 0.6) is 11.5 Å². The van der Waals surface area contributed by atoms with Gasteiger partial charge in [-0.3, -0.25) is 9.69 Å². The van der Waals surface area contributed by atoms with Crippen molar-refractivity contribution in [3.63, 3.8) is 0 Å². The highest BCUT2D eigenvalue weighted by molar-refractivity contribution is 5.93. The van der Waals surface area contributed by atoms with E-state index in [0.717, 1.165) is 5.56 Å². The molecule has 0 bridgehead atoms. The SMILES string of the molecule is COc1ccc(C)cc1NC(=O)CN1CC[C@](C)(O)[C@@H](Oc2cccc(F)c2)C1. The number of carbonyl (C=O) groups is 1. The summed E-state index contributed by atoms with van der Waals surface area (Å²) < 4.78 is 24.6. The van der Waals surface area contributed by atoms with E-state index in [1.54, 1.807) is 26.2 Å². The van der Waals surface area contributed by atoms with Gasteiger partial charge in [0.25, 0.3) is 0 Å². The minimum absolute atomic E-state index is 0.149. The van der Waals surface area contributed by atoms with Crippen LogP contribution in [0.1, 0.15) is 18.9 Å². The van der Waals surface area contributed by atoms with Gasteiger partial charge in [-0.05, 0) is 50.1 Å². The van der Waals surface area contributed by atoms with E-state index in [4.69, 9.17) is 9.47 Å². The van der Waals surface area contributed by atoms with Gasteiger partial charge >= 0.3 is 0 Å². The standard InChI is InChI=1S/C22H27FN2O4/c1-15-7-8-19(28-3)18(11-15)24-21(26)14-25-10-9-22(2,27)20(13-25)29-17-6-4-5-16(23)12-17/h4-8,11-12,20,27H,9-10,13-14H2,1-3H3,(H,24,26)/t20-,22-/m0/s1. The maximum atomic E-state index is 13.4. The molecule has 156 valence electrons. The molecule has 29 heavy (non-hydrogen) atoms. The lowest BCUT2D eigenvalue weighted by molar-refractivity contribution is -0.122. The van der Waals surface area contributed by atoms with Gasteiger partial charge in [-0.1, -0.05) is 12.1 Å². The van der Waals surface area contributed by atoms with Crippen LogP contribution in [0.4, 0.5) is 10.1 Å². The van der Waals surface area contributed by atoms with Gasteiger partial charge in [0.2, 0.25) is 5.91 Å². The Hall–Kier alpha value is -2.64. The van der Waals surface area contributed by atoms with Crippen LogP contribution < -0.4 is 14.8 Å². The molecule has 1 saturated heterocycles. The number of aryl methyl sites for hydroxylation is 1.